The van der Waals surface area contributed by atoms with Crippen LogP contribution in [-0.4, -0.2) is 22.7 Å². The van der Waals surface area contributed by atoms with Crippen LogP contribution in [-0.2, 0) is 12.8 Å². The van der Waals surface area contributed by atoms with E-state index in [0.29, 0.717) is 0 Å². The molecule has 3 nitrogen and oxygen atoms in total. The molecule has 3 rings (SSSR count). The molecule has 4 heteroatoms. The number of nitrogens with one attached hydrogen (secondary N) is 1. The molecule has 3 atom stereocenters. The predicted molar refractivity (Wildman–Crippen MR) is 55.4 cm³/mol. The molecule has 2 aliphatic carbocycles. The third-order valence-electron chi connectivity index (χ3n) is 3.91. The van der Waals surface area contributed by atoms with Crippen LogP contribution in [0.15, 0.2) is 0 Å². The highest BCUT2D eigenvalue weighted by molar-refractivity contribution is 6.37. The van der Waals surface area contributed by atoms with Crippen molar-refractivity contribution in [2.24, 2.45) is 11.8 Å². The molecule has 1 heterocycles. The molecule has 0 spiro atoms. The van der Waals surface area contributed by atoms with E-state index in [1.54, 1.807) is 0 Å². The van der Waals surface area contributed by atoms with Gasteiger partial charge in [-0.05, 0) is 37.5 Å². The third kappa shape index (κ3) is 1.20. The van der Waals surface area contributed by atoms with Crippen molar-refractivity contribution in [3.05, 3.63) is 11.4 Å². The van der Waals surface area contributed by atoms with E-state index >= 15 is 0 Å². The first-order chi connectivity index (χ1) is 6.90. The summed E-state index contributed by atoms with van der Waals surface area (Å²) in [4.78, 5) is 0. The van der Waals surface area contributed by atoms with Crippen LogP contribution in [0, 0.1) is 11.8 Å². The lowest BCUT2D eigenvalue weighted by Crippen LogP contribution is -2.00. The molecule has 1 aromatic rings. The Bertz CT molecular complexity index is 307. The summed E-state index contributed by atoms with van der Waals surface area (Å²) in [5, 5.41) is 11.2. The van der Waals surface area contributed by atoms with Crippen molar-refractivity contribution in [3.8, 4) is 0 Å². The Morgan fingerprint density at radius 3 is 2.21 bits per heavy atom. The summed E-state index contributed by atoms with van der Waals surface area (Å²) >= 11 is 0. The standard InChI is InChI=1S/C10H15BN3/c1-11-10-6-2-4-8-9(13-14-12-8)5-3-7(6)10/h6-7,10H,2-5H2,1H3,(H,12,13,14)/t6-,7+,10?. The second-order valence-corrected chi connectivity index (χ2v) is 4.53. The van der Waals surface area contributed by atoms with Crippen LogP contribution in [0.4, 0.5) is 0 Å². The van der Waals surface area contributed by atoms with E-state index in [2.05, 4.69) is 29.5 Å². The molecule has 0 amide bonds. The van der Waals surface area contributed by atoms with Crippen LogP contribution < -0.4 is 0 Å². The second kappa shape index (κ2) is 3.11. The number of aromatic amines is 1. The van der Waals surface area contributed by atoms with Crippen molar-refractivity contribution in [1.29, 1.82) is 0 Å². The van der Waals surface area contributed by atoms with E-state index in [9.17, 15) is 0 Å². The zero-order chi connectivity index (χ0) is 9.54. The highest BCUT2D eigenvalue weighted by atomic mass is 15.3. The van der Waals surface area contributed by atoms with Gasteiger partial charge in [0.25, 0.3) is 0 Å². The molecule has 1 fully saturated rings. The predicted octanol–water partition coefficient (Wildman–Crippen LogP) is 1.47. The molecule has 73 valence electrons. The highest BCUT2D eigenvalue weighted by Crippen LogP contribution is 2.56. The van der Waals surface area contributed by atoms with E-state index in [4.69, 9.17) is 0 Å². The summed E-state index contributed by atoms with van der Waals surface area (Å²) in [5.41, 5.74) is 2.43. The lowest BCUT2D eigenvalue weighted by molar-refractivity contribution is 0.579. The summed E-state index contributed by atoms with van der Waals surface area (Å²) in [6.45, 7) is 2.20. The van der Waals surface area contributed by atoms with Gasteiger partial charge in [0.05, 0.1) is 11.4 Å². The van der Waals surface area contributed by atoms with Gasteiger partial charge < -0.3 is 0 Å². The Hall–Kier alpha value is -0.795. The van der Waals surface area contributed by atoms with Gasteiger partial charge in [-0.15, -0.1) is 0 Å². The van der Waals surface area contributed by atoms with Gasteiger partial charge in [0, 0.05) is 0 Å². The zero-order valence-electron chi connectivity index (χ0n) is 8.53. The molecule has 0 bridgehead atoms. The van der Waals surface area contributed by atoms with Crippen LogP contribution in [0.5, 0.6) is 0 Å². The quantitative estimate of drug-likeness (QED) is 0.678. The molecule has 0 saturated heterocycles. The number of rotatable bonds is 1. The number of fused-ring (bicyclic) bond motifs is 2. The Morgan fingerprint density at radius 1 is 1.14 bits per heavy atom. The molecule has 2 aliphatic rings. The van der Waals surface area contributed by atoms with Crippen LogP contribution in [0.2, 0.25) is 12.6 Å². The third-order valence-corrected chi connectivity index (χ3v) is 3.91. The maximum absolute atomic E-state index is 4.22. The van der Waals surface area contributed by atoms with Crippen molar-refractivity contribution < 1.29 is 0 Å². The minimum Gasteiger partial charge on any atom is -0.197 e. The molecular formula is C10H15BN3. The monoisotopic (exact) mass is 188 g/mol. The number of hydrogen-bond donors (Lipinski definition) is 1. The van der Waals surface area contributed by atoms with Crippen molar-refractivity contribution in [3.63, 3.8) is 0 Å². The average Bonchev–Trinajstić information content (AvgIpc) is 2.65. The molecule has 0 aromatic carbocycles. The van der Waals surface area contributed by atoms with E-state index in [1.807, 2.05) is 0 Å². The van der Waals surface area contributed by atoms with Gasteiger partial charge in [-0.1, -0.05) is 12.6 Å². The fraction of sp³-hybridized carbons (Fsp3) is 0.800. The minimum absolute atomic E-state index is 0.892. The lowest BCUT2D eigenvalue weighted by Gasteiger charge is -2.04. The first-order valence-corrected chi connectivity index (χ1v) is 5.58. The Kier molecular flexibility index (Phi) is 1.89. The minimum atomic E-state index is 0.892. The Balaban J connectivity index is 1.77. The van der Waals surface area contributed by atoms with Gasteiger partial charge in [0.2, 0.25) is 0 Å². The van der Waals surface area contributed by atoms with Crippen LogP contribution in [0.1, 0.15) is 24.2 Å². The largest absolute Gasteiger partial charge is 0.197 e. The van der Waals surface area contributed by atoms with Gasteiger partial charge in [-0.25, -0.2) is 0 Å². The molecule has 1 N–H and O–H groups in total. The SMILES string of the molecule is C[B]C1[C@H]2CCc3n[nH]nc3CC[C@@H]12. The van der Waals surface area contributed by atoms with E-state index < -0.39 is 0 Å². The number of H-pyrrole nitrogens is 1. The van der Waals surface area contributed by atoms with Gasteiger partial charge in [0.15, 0.2) is 0 Å². The van der Waals surface area contributed by atoms with Crippen LogP contribution in [0.3, 0.4) is 0 Å². The molecule has 0 aliphatic heterocycles. The Morgan fingerprint density at radius 2 is 1.71 bits per heavy atom. The number of hydrogen-bond acceptors (Lipinski definition) is 2. The van der Waals surface area contributed by atoms with E-state index in [1.165, 1.54) is 24.2 Å². The molecule has 14 heavy (non-hydrogen) atoms. The first-order valence-electron chi connectivity index (χ1n) is 5.58. The number of aromatic nitrogens is 3. The summed E-state index contributed by atoms with van der Waals surface area (Å²) in [5.74, 6) is 2.79. The van der Waals surface area contributed by atoms with Crippen molar-refractivity contribution >= 4 is 7.28 Å². The highest BCUT2D eigenvalue weighted by Gasteiger charge is 2.47. The molecule has 1 aromatic heterocycles. The first kappa shape index (κ1) is 8.51. The number of aryl methyl sites for hydroxylation is 2. The maximum Gasteiger partial charge on any atom is 0.110 e. The summed E-state index contributed by atoms with van der Waals surface area (Å²) in [6.07, 6.45) is 4.85. The smallest absolute Gasteiger partial charge is 0.110 e. The topological polar surface area (TPSA) is 41.6 Å². The van der Waals surface area contributed by atoms with Gasteiger partial charge in [0.1, 0.15) is 7.28 Å². The molecule has 1 radical (unpaired) electrons. The summed E-state index contributed by atoms with van der Waals surface area (Å²) < 4.78 is 0. The lowest BCUT2D eigenvalue weighted by atomic mass is 9.73. The normalized spacial score (nSPS) is 35.1. The van der Waals surface area contributed by atoms with Gasteiger partial charge >= 0.3 is 0 Å². The van der Waals surface area contributed by atoms with Crippen LogP contribution in [0.25, 0.3) is 0 Å². The van der Waals surface area contributed by atoms with Gasteiger partial charge in [-0.3, -0.25) is 0 Å². The van der Waals surface area contributed by atoms with Gasteiger partial charge in [-0.2, -0.15) is 15.4 Å². The average molecular weight is 188 g/mol. The number of nitrogens with zero attached hydrogens (tertiary/aromatic N) is 2. The molecule has 1 unspecified atom stereocenters. The van der Waals surface area contributed by atoms with E-state index in [-0.39, 0.29) is 0 Å². The molecular weight excluding hydrogens is 173 g/mol. The summed E-state index contributed by atoms with van der Waals surface area (Å²) in [7, 11) is 2.39. The molecule has 1 saturated carbocycles. The zero-order valence-corrected chi connectivity index (χ0v) is 8.53. The van der Waals surface area contributed by atoms with Crippen molar-refractivity contribution in [2.75, 3.05) is 0 Å². The van der Waals surface area contributed by atoms with Crippen molar-refractivity contribution in [2.45, 2.75) is 38.3 Å². The fourth-order valence-corrected chi connectivity index (χ4v) is 3.06. The van der Waals surface area contributed by atoms with Crippen molar-refractivity contribution in [1.82, 2.24) is 15.4 Å². The Labute approximate surface area is 84.9 Å². The van der Waals surface area contributed by atoms with Crippen LogP contribution >= 0.6 is 0 Å². The fourth-order valence-electron chi connectivity index (χ4n) is 3.06. The summed E-state index contributed by atoms with van der Waals surface area (Å²) in [6, 6.07) is 0. The second-order valence-electron chi connectivity index (χ2n) is 4.53. The van der Waals surface area contributed by atoms with E-state index in [0.717, 1.165) is 30.5 Å². The maximum atomic E-state index is 4.22.